The molecule has 1 saturated heterocycles. The van der Waals surface area contributed by atoms with Gasteiger partial charge < -0.3 is 20.1 Å². The number of benzene rings is 1. The first kappa shape index (κ1) is 14.7. The van der Waals surface area contributed by atoms with Crippen LogP contribution < -0.4 is 10.1 Å². The van der Waals surface area contributed by atoms with Crippen molar-refractivity contribution in [2.45, 2.75) is 19.4 Å². The van der Waals surface area contributed by atoms with Crippen LogP contribution in [0.15, 0.2) is 24.3 Å². The van der Waals surface area contributed by atoms with Crippen LogP contribution >= 0.6 is 0 Å². The number of urea groups is 1. The van der Waals surface area contributed by atoms with Crippen molar-refractivity contribution in [1.29, 1.82) is 0 Å². The fourth-order valence-corrected chi connectivity index (χ4v) is 3.22. The first-order valence-electron chi connectivity index (χ1n) is 7.54. The van der Waals surface area contributed by atoms with Crippen LogP contribution in [0.3, 0.4) is 0 Å². The second-order valence-electron chi connectivity index (χ2n) is 6.13. The van der Waals surface area contributed by atoms with E-state index < -0.39 is 11.9 Å². The predicted octanol–water partition coefficient (Wildman–Crippen LogP) is 1.87. The van der Waals surface area contributed by atoms with Gasteiger partial charge in [0.05, 0.1) is 12.0 Å². The van der Waals surface area contributed by atoms with Crippen LogP contribution in [-0.4, -0.2) is 41.7 Å². The molecule has 3 rings (SSSR count). The normalized spacial score (nSPS) is 27.0. The molecule has 0 aliphatic carbocycles. The Balaban J connectivity index is 1.66. The highest BCUT2D eigenvalue weighted by atomic mass is 16.5. The van der Waals surface area contributed by atoms with Crippen LogP contribution in [0.5, 0.6) is 5.75 Å². The molecule has 1 aromatic carbocycles. The molecule has 1 aromatic rings. The molecule has 6 nitrogen and oxygen atoms in total. The number of amides is 2. The largest absolute Gasteiger partial charge is 0.491 e. The van der Waals surface area contributed by atoms with E-state index >= 15 is 0 Å². The van der Waals surface area contributed by atoms with Gasteiger partial charge in [-0.3, -0.25) is 4.79 Å². The third-order valence-corrected chi connectivity index (χ3v) is 4.29. The molecule has 0 aromatic heterocycles. The zero-order valence-electron chi connectivity index (χ0n) is 12.5. The number of piperidine rings is 1. The zero-order valence-corrected chi connectivity index (χ0v) is 12.5. The number of fused-ring (bicyclic) bond motifs is 1. The van der Waals surface area contributed by atoms with E-state index in [0.717, 1.165) is 11.3 Å². The zero-order chi connectivity index (χ0) is 15.7. The van der Waals surface area contributed by atoms with Gasteiger partial charge in [-0.05, 0) is 18.4 Å². The number of carbonyl (C=O) groups is 2. The van der Waals surface area contributed by atoms with E-state index in [-0.39, 0.29) is 24.5 Å². The van der Waals surface area contributed by atoms with Crippen molar-refractivity contribution < 1.29 is 19.4 Å². The van der Waals surface area contributed by atoms with Crippen molar-refractivity contribution in [3.05, 3.63) is 29.8 Å². The summed E-state index contributed by atoms with van der Waals surface area (Å²) in [5.41, 5.74) is 0.968. The Bertz CT molecular complexity index is 589. The number of carbonyl (C=O) groups excluding carboxylic acids is 1. The fourth-order valence-electron chi connectivity index (χ4n) is 3.22. The van der Waals surface area contributed by atoms with E-state index in [9.17, 15) is 14.7 Å². The number of hydrogen-bond donors (Lipinski definition) is 2. The second-order valence-corrected chi connectivity index (χ2v) is 6.13. The highest BCUT2D eigenvalue weighted by Gasteiger charge is 2.33. The van der Waals surface area contributed by atoms with E-state index in [1.165, 1.54) is 0 Å². The number of nitrogens with one attached hydrogen (secondary N) is 1. The maximum Gasteiger partial charge on any atom is 0.318 e. The summed E-state index contributed by atoms with van der Waals surface area (Å²) < 4.78 is 5.55. The Kier molecular flexibility index (Phi) is 3.92. The average molecular weight is 304 g/mol. The molecule has 2 N–H and O–H groups in total. The van der Waals surface area contributed by atoms with E-state index in [4.69, 9.17) is 4.74 Å². The number of carboxylic acids is 1. The van der Waals surface area contributed by atoms with Crippen molar-refractivity contribution in [3.63, 3.8) is 0 Å². The molecule has 3 unspecified atom stereocenters. The van der Waals surface area contributed by atoms with E-state index in [1.807, 2.05) is 31.2 Å². The van der Waals surface area contributed by atoms with E-state index in [2.05, 4.69) is 5.32 Å². The summed E-state index contributed by atoms with van der Waals surface area (Å²) in [6.45, 7) is 3.24. The Morgan fingerprint density at radius 1 is 1.32 bits per heavy atom. The number of ether oxygens (including phenoxy) is 1. The van der Waals surface area contributed by atoms with Crippen molar-refractivity contribution in [2.24, 2.45) is 11.8 Å². The summed E-state index contributed by atoms with van der Waals surface area (Å²) >= 11 is 0. The van der Waals surface area contributed by atoms with Gasteiger partial charge in [-0.2, -0.15) is 0 Å². The maximum absolute atomic E-state index is 12.4. The highest BCUT2D eigenvalue weighted by Crippen LogP contribution is 2.32. The standard InChI is InChI=1S/C16H20N2O4/c1-10-6-11(15(19)20)8-18(7-10)16(21)17-13-9-22-14-5-3-2-4-12(13)14/h2-5,10-11,13H,6-9H2,1H3,(H,17,21)(H,19,20). The third-order valence-electron chi connectivity index (χ3n) is 4.29. The number of hydrogen-bond acceptors (Lipinski definition) is 3. The maximum atomic E-state index is 12.4. The summed E-state index contributed by atoms with van der Waals surface area (Å²) in [7, 11) is 0. The first-order valence-corrected chi connectivity index (χ1v) is 7.54. The number of carboxylic acid groups (broad SMARTS) is 1. The molecular weight excluding hydrogens is 284 g/mol. The second kappa shape index (κ2) is 5.87. The molecule has 0 saturated carbocycles. The molecule has 6 heteroatoms. The van der Waals surface area contributed by atoms with Gasteiger partial charge in [-0.25, -0.2) is 4.79 Å². The molecule has 1 fully saturated rings. The van der Waals surface area contributed by atoms with Crippen LogP contribution in [0.1, 0.15) is 24.9 Å². The van der Waals surface area contributed by atoms with Gasteiger partial charge in [0.25, 0.3) is 0 Å². The molecule has 2 heterocycles. The molecule has 0 bridgehead atoms. The molecule has 0 spiro atoms. The number of likely N-dealkylation sites (tertiary alicyclic amines) is 1. The third kappa shape index (κ3) is 2.86. The number of aliphatic carboxylic acids is 1. The predicted molar refractivity (Wildman–Crippen MR) is 79.7 cm³/mol. The minimum absolute atomic E-state index is 0.177. The lowest BCUT2D eigenvalue weighted by atomic mass is 9.91. The summed E-state index contributed by atoms with van der Waals surface area (Å²) in [5.74, 6) is -0.337. The van der Waals surface area contributed by atoms with Gasteiger partial charge in [0.15, 0.2) is 0 Å². The van der Waals surface area contributed by atoms with Gasteiger partial charge in [0.1, 0.15) is 12.4 Å². The van der Waals surface area contributed by atoms with Crippen LogP contribution in [0.2, 0.25) is 0 Å². The van der Waals surface area contributed by atoms with Crippen molar-refractivity contribution in [2.75, 3.05) is 19.7 Å². The van der Waals surface area contributed by atoms with Gasteiger partial charge in [-0.15, -0.1) is 0 Å². The average Bonchev–Trinajstić information content (AvgIpc) is 2.90. The minimum Gasteiger partial charge on any atom is -0.491 e. The van der Waals surface area contributed by atoms with Crippen molar-refractivity contribution in [1.82, 2.24) is 10.2 Å². The minimum atomic E-state index is -0.834. The van der Waals surface area contributed by atoms with Crippen molar-refractivity contribution >= 4 is 12.0 Å². The molecule has 22 heavy (non-hydrogen) atoms. The van der Waals surface area contributed by atoms with Crippen LogP contribution in [-0.2, 0) is 4.79 Å². The molecular formula is C16H20N2O4. The summed E-state index contributed by atoms with van der Waals surface area (Å²) in [6, 6.07) is 7.23. The van der Waals surface area contributed by atoms with Gasteiger partial charge in [0, 0.05) is 18.7 Å². The quantitative estimate of drug-likeness (QED) is 0.874. The molecule has 0 radical (unpaired) electrons. The highest BCUT2D eigenvalue weighted by molar-refractivity contribution is 5.77. The lowest BCUT2D eigenvalue weighted by molar-refractivity contribution is -0.143. The van der Waals surface area contributed by atoms with Gasteiger partial charge in [-0.1, -0.05) is 25.1 Å². The Labute approximate surface area is 129 Å². The summed E-state index contributed by atoms with van der Waals surface area (Å²) in [6.07, 6.45) is 0.620. The van der Waals surface area contributed by atoms with E-state index in [1.54, 1.807) is 4.90 Å². The molecule has 2 amide bonds. The van der Waals surface area contributed by atoms with Gasteiger partial charge >= 0.3 is 12.0 Å². The van der Waals surface area contributed by atoms with Crippen LogP contribution in [0.4, 0.5) is 4.79 Å². The molecule has 118 valence electrons. The Morgan fingerprint density at radius 3 is 2.86 bits per heavy atom. The van der Waals surface area contributed by atoms with E-state index in [0.29, 0.717) is 19.6 Å². The first-order chi connectivity index (χ1) is 10.5. The number of nitrogens with zero attached hydrogens (tertiary/aromatic N) is 1. The summed E-state index contributed by atoms with van der Waals surface area (Å²) in [5, 5.41) is 12.1. The number of para-hydroxylation sites is 1. The lowest BCUT2D eigenvalue weighted by Gasteiger charge is -2.35. The lowest BCUT2D eigenvalue weighted by Crippen LogP contribution is -2.50. The monoisotopic (exact) mass is 304 g/mol. The number of rotatable bonds is 2. The smallest absolute Gasteiger partial charge is 0.318 e. The summed E-state index contributed by atoms with van der Waals surface area (Å²) in [4.78, 5) is 25.2. The van der Waals surface area contributed by atoms with Crippen LogP contribution in [0, 0.1) is 11.8 Å². The molecule has 2 aliphatic rings. The Morgan fingerprint density at radius 2 is 2.09 bits per heavy atom. The Hall–Kier alpha value is -2.24. The molecule has 3 atom stereocenters. The SMILES string of the molecule is CC1CC(C(=O)O)CN(C(=O)NC2COc3ccccc32)C1. The topological polar surface area (TPSA) is 78.9 Å². The van der Waals surface area contributed by atoms with Crippen molar-refractivity contribution in [3.8, 4) is 5.75 Å². The molecule has 2 aliphatic heterocycles. The van der Waals surface area contributed by atoms with Crippen LogP contribution in [0.25, 0.3) is 0 Å². The fraction of sp³-hybridized carbons (Fsp3) is 0.500. The van der Waals surface area contributed by atoms with Gasteiger partial charge in [0.2, 0.25) is 0 Å².